The maximum Gasteiger partial charge on any atom is 0.308 e. The number of rotatable bonds is 2. The van der Waals surface area contributed by atoms with E-state index in [2.05, 4.69) is 9.72 Å². The van der Waals surface area contributed by atoms with Gasteiger partial charge in [-0.3, -0.25) is 9.59 Å². The molecule has 1 fully saturated rings. The molecule has 0 saturated carbocycles. The Bertz CT molecular complexity index is 530. The molecule has 1 aliphatic heterocycles. The molecular weight excluding hydrogens is 287 g/mol. The van der Waals surface area contributed by atoms with Crippen molar-refractivity contribution in [3.05, 3.63) is 28.8 Å². The molecule has 20 heavy (non-hydrogen) atoms. The standard InChI is InChI=1S/C13H14ClFN2O3/c1-20-13(19)8-2-4-17(5-3-8)12(18)10-6-9(15)7-16-11(10)14/h6-8H,2-5H2,1H3. The number of carbonyl (C=O) groups excluding carboxylic acids is 2. The number of aromatic nitrogens is 1. The van der Waals surface area contributed by atoms with Gasteiger partial charge in [0.05, 0.1) is 24.8 Å². The summed E-state index contributed by atoms with van der Waals surface area (Å²) in [6.45, 7) is 0.816. The van der Waals surface area contributed by atoms with Gasteiger partial charge in [-0.15, -0.1) is 0 Å². The summed E-state index contributed by atoms with van der Waals surface area (Å²) in [6, 6.07) is 1.07. The van der Waals surface area contributed by atoms with E-state index in [1.807, 2.05) is 0 Å². The van der Waals surface area contributed by atoms with Gasteiger partial charge in [-0.2, -0.15) is 0 Å². The Balaban J connectivity index is 2.05. The zero-order valence-corrected chi connectivity index (χ0v) is 11.7. The Morgan fingerprint density at radius 2 is 2.10 bits per heavy atom. The molecule has 0 N–H and O–H groups in total. The zero-order chi connectivity index (χ0) is 14.7. The maximum atomic E-state index is 13.1. The molecule has 0 unspecified atom stereocenters. The Kier molecular flexibility index (Phi) is 4.54. The first kappa shape index (κ1) is 14.7. The van der Waals surface area contributed by atoms with E-state index in [0.717, 1.165) is 12.3 Å². The normalized spacial score (nSPS) is 16.1. The van der Waals surface area contributed by atoms with E-state index >= 15 is 0 Å². The van der Waals surface area contributed by atoms with Gasteiger partial charge in [0, 0.05) is 13.1 Å². The summed E-state index contributed by atoms with van der Waals surface area (Å²) in [7, 11) is 1.35. The Morgan fingerprint density at radius 3 is 2.70 bits per heavy atom. The molecule has 0 radical (unpaired) electrons. The van der Waals surface area contributed by atoms with Gasteiger partial charge in [0.1, 0.15) is 11.0 Å². The molecule has 5 nitrogen and oxygen atoms in total. The second kappa shape index (κ2) is 6.17. The number of halogens is 2. The van der Waals surface area contributed by atoms with E-state index in [9.17, 15) is 14.0 Å². The number of nitrogens with zero attached hydrogens (tertiary/aromatic N) is 2. The average Bonchev–Trinajstić information content (AvgIpc) is 2.48. The van der Waals surface area contributed by atoms with E-state index in [-0.39, 0.29) is 28.5 Å². The van der Waals surface area contributed by atoms with Crippen molar-refractivity contribution in [2.75, 3.05) is 20.2 Å². The molecule has 0 aliphatic carbocycles. The summed E-state index contributed by atoms with van der Waals surface area (Å²) >= 11 is 5.81. The molecule has 7 heteroatoms. The van der Waals surface area contributed by atoms with Crippen LogP contribution < -0.4 is 0 Å². The number of amides is 1. The SMILES string of the molecule is COC(=O)C1CCN(C(=O)c2cc(F)cnc2Cl)CC1. The Labute approximate surface area is 120 Å². The van der Waals surface area contributed by atoms with Gasteiger partial charge in [-0.1, -0.05) is 11.6 Å². The van der Waals surface area contributed by atoms with Gasteiger partial charge in [0.25, 0.3) is 5.91 Å². The monoisotopic (exact) mass is 300 g/mol. The second-order valence-electron chi connectivity index (χ2n) is 4.58. The van der Waals surface area contributed by atoms with Gasteiger partial charge in [0.15, 0.2) is 0 Å². The van der Waals surface area contributed by atoms with Crippen molar-refractivity contribution in [2.45, 2.75) is 12.8 Å². The summed E-state index contributed by atoms with van der Waals surface area (Å²) in [5.74, 6) is -1.43. The minimum atomic E-state index is -0.609. The van der Waals surface area contributed by atoms with Crippen molar-refractivity contribution in [3.8, 4) is 0 Å². The molecule has 1 amide bonds. The number of pyridine rings is 1. The fourth-order valence-electron chi connectivity index (χ4n) is 2.23. The molecule has 0 aromatic carbocycles. The number of carbonyl (C=O) groups is 2. The van der Waals surface area contributed by atoms with Crippen LogP contribution in [0.4, 0.5) is 4.39 Å². The lowest BCUT2D eigenvalue weighted by molar-refractivity contribution is -0.146. The summed E-state index contributed by atoms with van der Waals surface area (Å²) in [5, 5.41) is -0.0218. The molecule has 2 heterocycles. The number of esters is 1. The first-order valence-electron chi connectivity index (χ1n) is 6.21. The summed E-state index contributed by atoms with van der Waals surface area (Å²) in [4.78, 5) is 28.8. The zero-order valence-electron chi connectivity index (χ0n) is 10.9. The van der Waals surface area contributed by atoms with Crippen LogP contribution in [0.1, 0.15) is 23.2 Å². The van der Waals surface area contributed by atoms with Crippen LogP contribution >= 0.6 is 11.6 Å². The quantitative estimate of drug-likeness (QED) is 0.618. The van der Waals surface area contributed by atoms with Crippen molar-refractivity contribution in [3.63, 3.8) is 0 Å². The van der Waals surface area contributed by atoms with Crippen molar-refractivity contribution >= 4 is 23.5 Å². The largest absolute Gasteiger partial charge is 0.469 e. The minimum absolute atomic E-state index is 0.0218. The summed E-state index contributed by atoms with van der Waals surface area (Å²) in [6.07, 6.45) is 2.01. The minimum Gasteiger partial charge on any atom is -0.469 e. The number of likely N-dealkylation sites (tertiary alicyclic amines) is 1. The third kappa shape index (κ3) is 3.07. The predicted molar refractivity (Wildman–Crippen MR) is 69.8 cm³/mol. The fraction of sp³-hybridized carbons (Fsp3) is 0.462. The van der Waals surface area contributed by atoms with Crippen LogP contribution in [0.2, 0.25) is 5.15 Å². The molecule has 0 spiro atoms. The smallest absolute Gasteiger partial charge is 0.308 e. The lowest BCUT2D eigenvalue weighted by Crippen LogP contribution is -2.40. The molecule has 1 aromatic heterocycles. The number of piperidine rings is 1. The van der Waals surface area contributed by atoms with Crippen LogP contribution in [0.25, 0.3) is 0 Å². The van der Waals surface area contributed by atoms with Gasteiger partial charge < -0.3 is 9.64 Å². The van der Waals surface area contributed by atoms with Crippen LogP contribution in [0, 0.1) is 11.7 Å². The Morgan fingerprint density at radius 1 is 1.45 bits per heavy atom. The third-order valence-electron chi connectivity index (χ3n) is 3.35. The van der Waals surface area contributed by atoms with E-state index in [1.165, 1.54) is 7.11 Å². The van der Waals surface area contributed by atoms with Gasteiger partial charge in [-0.05, 0) is 18.9 Å². The summed E-state index contributed by atoms with van der Waals surface area (Å²) < 4.78 is 17.8. The molecule has 0 atom stereocenters. The lowest BCUT2D eigenvalue weighted by atomic mass is 9.96. The number of hydrogen-bond acceptors (Lipinski definition) is 4. The fourth-order valence-corrected chi connectivity index (χ4v) is 2.41. The van der Waals surface area contributed by atoms with Crippen molar-refractivity contribution in [1.29, 1.82) is 0 Å². The number of ether oxygens (including phenoxy) is 1. The lowest BCUT2D eigenvalue weighted by Gasteiger charge is -2.30. The number of hydrogen-bond donors (Lipinski definition) is 0. The summed E-state index contributed by atoms with van der Waals surface area (Å²) in [5.41, 5.74) is 0.0446. The molecule has 1 aromatic rings. The molecular formula is C13H14ClFN2O3. The molecule has 2 rings (SSSR count). The highest BCUT2D eigenvalue weighted by atomic mass is 35.5. The Hall–Kier alpha value is -1.69. The van der Waals surface area contributed by atoms with Crippen LogP contribution in [0.15, 0.2) is 12.3 Å². The second-order valence-corrected chi connectivity index (χ2v) is 4.94. The van der Waals surface area contributed by atoms with E-state index in [0.29, 0.717) is 25.9 Å². The number of methoxy groups -OCH3 is 1. The van der Waals surface area contributed by atoms with E-state index in [1.54, 1.807) is 4.90 Å². The van der Waals surface area contributed by atoms with E-state index in [4.69, 9.17) is 11.6 Å². The molecule has 108 valence electrons. The molecule has 0 bridgehead atoms. The molecule has 1 saturated heterocycles. The highest BCUT2D eigenvalue weighted by Gasteiger charge is 2.29. The topological polar surface area (TPSA) is 59.5 Å². The highest BCUT2D eigenvalue weighted by molar-refractivity contribution is 6.32. The van der Waals surface area contributed by atoms with E-state index < -0.39 is 5.82 Å². The highest BCUT2D eigenvalue weighted by Crippen LogP contribution is 2.22. The van der Waals surface area contributed by atoms with Crippen molar-refractivity contribution in [2.24, 2.45) is 5.92 Å². The van der Waals surface area contributed by atoms with Crippen molar-refractivity contribution in [1.82, 2.24) is 9.88 Å². The van der Waals surface area contributed by atoms with Crippen LogP contribution in [-0.4, -0.2) is 42.0 Å². The third-order valence-corrected chi connectivity index (χ3v) is 3.65. The molecule has 1 aliphatic rings. The first-order chi connectivity index (χ1) is 9.52. The van der Waals surface area contributed by atoms with Crippen LogP contribution in [0.3, 0.4) is 0 Å². The van der Waals surface area contributed by atoms with Crippen LogP contribution in [-0.2, 0) is 9.53 Å². The predicted octanol–water partition coefficient (Wildman–Crippen LogP) is 1.90. The van der Waals surface area contributed by atoms with Gasteiger partial charge in [0.2, 0.25) is 0 Å². The first-order valence-corrected chi connectivity index (χ1v) is 6.59. The van der Waals surface area contributed by atoms with Gasteiger partial charge >= 0.3 is 5.97 Å². The van der Waals surface area contributed by atoms with Crippen LogP contribution in [0.5, 0.6) is 0 Å². The van der Waals surface area contributed by atoms with Gasteiger partial charge in [-0.25, -0.2) is 9.37 Å². The maximum absolute atomic E-state index is 13.1. The average molecular weight is 301 g/mol. The van der Waals surface area contributed by atoms with Crippen molar-refractivity contribution < 1.29 is 18.7 Å².